The number of phenolic OH excluding ortho intramolecular Hbond substituents is 1. The van der Waals surface area contributed by atoms with Gasteiger partial charge in [-0.15, -0.1) is 0 Å². The Kier molecular flexibility index (Phi) is 8.07. The van der Waals surface area contributed by atoms with Gasteiger partial charge < -0.3 is 4.74 Å². The Labute approximate surface area is 182 Å². The van der Waals surface area contributed by atoms with Gasteiger partial charge in [-0.1, -0.05) is 0 Å². The molecule has 1 N–H and O–H groups in total. The number of carbonyl (C=O) groups excluding carboxylic acids is 1. The molecule has 0 fully saturated rings. The van der Waals surface area contributed by atoms with Crippen LogP contribution in [0.4, 0.5) is 0 Å². The van der Waals surface area contributed by atoms with Crippen molar-refractivity contribution in [2.45, 2.75) is 11.7 Å². The van der Waals surface area contributed by atoms with Crippen LogP contribution in [-0.2, 0) is 0 Å². The molecule has 30 heavy (non-hydrogen) atoms. The minimum Gasteiger partial charge on any atom is -0.0440 e. The summed E-state index contributed by atoms with van der Waals surface area (Å²) in [5.74, 6) is 0.455. The van der Waals surface area contributed by atoms with E-state index in [4.69, 9.17) is 9.47 Å². The van der Waals surface area contributed by atoms with Crippen LogP contribution in [0.2, 0.25) is 5.32 Å². The van der Waals surface area contributed by atoms with E-state index >= 15 is 0 Å². The molecule has 3 aromatic rings. The molecule has 6 heteroatoms. The summed E-state index contributed by atoms with van der Waals surface area (Å²) in [5, 5.41) is 11.3. The first-order valence-electron chi connectivity index (χ1n) is 9.52. The number of nitrogens with zero attached hydrogens (tertiary/aromatic N) is 1. The molecule has 0 unspecified atom stereocenters. The normalized spacial score (nSPS) is 10.8. The average molecular weight is 468 g/mol. The van der Waals surface area contributed by atoms with Gasteiger partial charge in [0.05, 0.1) is 7.11 Å². The monoisotopic (exact) mass is 469 g/mol. The number of benzene rings is 3. The van der Waals surface area contributed by atoms with Crippen molar-refractivity contribution in [3.8, 4) is 17.2 Å². The molecule has 0 saturated carbocycles. The van der Waals surface area contributed by atoms with Crippen molar-refractivity contribution >= 4 is 31.6 Å². The number of carbonyl (C=O) groups is 1. The van der Waals surface area contributed by atoms with Crippen LogP contribution in [0, 0.1) is 0 Å². The first kappa shape index (κ1) is 21.6. The van der Waals surface area contributed by atoms with Crippen LogP contribution in [0.5, 0.6) is 17.2 Å². The summed E-state index contributed by atoms with van der Waals surface area (Å²) in [5.41, 5.74) is 0.992. The first-order valence-corrected chi connectivity index (χ1v) is 11.6. The smallest absolute Gasteiger partial charge is 0.0191 e. The van der Waals surface area contributed by atoms with Gasteiger partial charge in [-0.05, 0) is 24.3 Å². The summed E-state index contributed by atoms with van der Waals surface area (Å²) >= 11 is 0.467. The summed E-state index contributed by atoms with van der Waals surface area (Å²) in [7, 11) is 1.56. The molecule has 154 valence electrons. The van der Waals surface area contributed by atoms with E-state index in [1.807, 2.05) is 6.07 Å². The molecule has 0 radical (unpaired) electrons. The van der Waals surface area contributed by atoms with Crippen molar-refractivity contribution in [1.82, 2.24) is 0 Å². The van der Waals surface area contributed by atoms with Crippen molar-refractivity contribution in [2.75, 3.05) is 13.7 Å². The van der Waals surface area contributed by atoms with Crippen LogP contribution in [-0.4, -0.2) is 45.9 Å². The summed E-state index contributed by atoms with van der Waals surface area (Å²) in [6.07, 6.45) is 2.66. The number of esters is 1. The largest absolute Gasteiger partial charge is 0.0440 e. The second kappa shape index (κ2) is 11.2. The van der Waals surface area contributed by atoms with Gasteiger partial charge in [0.2, 0.25) is 0 Å². The Hall–Kier alpha value is -3.08. The van der Waals surface area contributed by atoms with Gasteiger partial charge in [0, 0.05) is 0 Å². The van der Waals surface area contributed by atoms with Crippen LogP contribution in [0.15, 0.2) is 77.8 Å². The molecule has 0 aromatic heterocycles. The van der Waals surface area contributed by atoms with Gasteiger partial charge in [-0.25, -0.2) is 0 Å². The zero-order valence-electron chi connectivity index (χ0n) is 16.7. The zero-order valence-corrected chi connectivity index (χ0v) is 18.4. The van der Waals surface area contributed by atoms with Crippen LogP contribution >= 0.6 is 0 Å². The second-order valence-corrected chi connectivity index (χ2v) is 8.84. The van der Waals surface area contributed by atoms with E-state index in [1.165, 1.54) is 10.5 Å². The van der Waals surface area contributed by atoms with Crippen LogP contribution in [0.25, 0.3) is 0 Å². The molecule has 0 atom stereocenters. The van der Waals surface area contributed by atoms with E-state index in [0.29, 0.717) is 38.4 Å². The fourth-order valence-corrected chi connectivity index (χ4v) is 4.42. The molecule has 0 saturated heterocycles. The fourth-order valence-electron chi connectivity index (χ4n) is 2.61. The Balaban J connectivity index is 1.48. The van der Waals surface area contributed by atoms with Crippen LogP contribution in [0.1, 0.15) is 22.3 Å². The van der Waals surface area contributed by atoms with Gasteiger partial charge >= 0.3 is 141 Å². The first-order chi connectivity index (χ1) is 14.7. The standard InChI is InChI=1S/C24H23NO4Se/c1-28-20-11-8-18(9-12-20)24(27)29-21-13-10-19(23(26)16-21)17-25-14-5-15-30-22-6-3-2-4-7-22/h2-4,6-13,16-17,26H,5,14-15H2,1H3. The number of aromatic hydroxyl groups is 1. The summed E-state index contributed by atoms with van der Waals surface area (Å²) in [6, 6.07) is 21.8. The van der Waals surface area contributed by atoms with Crippen LogP contribution in [0.3, 0.4) is 0 Å². The minimum atomic E-state index is -0.501. The number of rotatable bonds is 9. The molecule has 0 amide bonds. The predicted octanol–water partition coefficient (Wildman–Crippen LogP) is 3.88. The van der Waals surface area contributed by atoms with Crippen molar-refractivity contribution in [1.29, 1.82) is 0 Å². The SMILES string of the molecule is COc1ccc(C(=O)Oc2ccc(C=NCCC[Se]c3ccccc3)c(O)c2)cc1. The molecule has 0 aliphatic heterocycles. The van der Waals surface area contributed by atoms with Gasteiger partial charge in [-0.2, -0.15) is 0 Å². The molecule has 0 aliphatic carbocycles. The van der Waals surface area contributed by atoms with E-state index in [1.54, 1.807) is 49.7 Å². The number of ether oxygens (including phenoxy) is 2. The predicted molar refractivity (Wildman–Crippen MR) is 120 cm³/mol. The van der Waals surface area contributed by atoms with Gasteiger partial charge in [0.15, 0.2) is 0 Å². The van der Waals surface area contributed by atoms with Crippen molar-refractivity contribution in [2.24, 2.45) is 4.99 Å². The van der Waals surface area contributed by atoms with Gasteiger partial charge in [-0.3, -0.25) is 0 Å². The second-order valence-electron chi connectivity index (χ2n) is 6.39. The third kappa shape index (κ3) is 6.48. The molecule has 0 heterocycles. The maximum atomic E-state index is 12.2. The van der Waals surface area contributed by atoms with Crippen molar-refractivity contribution < 1.29 is 19.4 Å². The van der Waals surface area contributed by atoms with E-state index in [-0.39, 0.29) is 11.5 Å². The third-order valence-corrected chi connectivity index (χ3v) is 6.52. The van der Waals surface area contributed by atoms with E-state index in [0.717, 1.165) is 11.7 Å². The molecular weight excluding hydrogens is 445 g/mol. The van der Waals surface area contributed by atoms with Gasteiger partial charge in [0.25, 0.3) is 0 Å². The summed E-state index contributed by atoms with van der Waals surface area (Å²) < 4.78 is 11.8. The number of phenols is 1. The maximum Gasteiger partial charge on any atom is -0.0191 e. The Morgan fingerprint density at radius 2 is 1.77 bits per heavy atom. The van der Waals surface area contributed by atoms with E-state index < -0.39 is 5.97 Å². The van der Waals surface area contributed by atoms with E-state index in [2.05, 4.69) is 29.3 Å². The minimum absolute atomic E-state index is 0.0206. The quantitative estimate of drug-likeness (QED) is 0.170. The van der Waals surface area contributed by atoms with Crippen molar-refractivity contribution in [3.63, 3.8) is 0 Å². The summed E-state index contributed by atoms with van der Waals surface area (Å²) in [4.78, 5) is 16.6. The van der Waals surface area contributed by atoms with Crippen molar-refractivity contribution in [3.05, 3.63) is 83.9 Å². The van der Waals surface area contributed by atoms with E-state index in [9.17, 15) is 9.90 Å². The topological polar surface area (TPSA) is 68.1 Å². The number of aliphatic imine (C=N–C) groups is 1. The maximum absolute atomic E-state index is 12.2. The number of methoxy groups -OCH3 is 1. The molecule has 0 aliphatic rings. The molecular formula is C24H23NO4Se. The van der Waals surface area contributed by atoms with Gasteiger partial charge in [0.1, 0.15) is 5.75 Å². The summed E-state index contributed by atoms with van der Waals surface area (Å²) in [6.45, 7) is 0.711. The molecule has 0 spiro atoms. The molecule has 0 bridgehead atoms. The zero-order chi connectivity index (χ0) is 21.2. The number of hydrogen-bond acceptors (Lipinski definition) is 5. The van der Waals surface area contributed by atoms with Crippen LogP contribution < -0.4 is 13.9 Å². The molecule has 3 aromatic carbocycles. The average Bonchev–Trinajstić information content (AvgIpc) is 2.78. The fraction of sp³-hybridized carbons (Fsp3) is 0.167. The number of hydrogen-bond donors (Lipinski definition) is 1. The third-order valence-electron chi connectivity index (χ3n) is 4.21. The Morgan fingerprint density at radius 1 is 1.03 bits per heavy atom. The molecule has 3 rings (SSSR count). The Bertz CT molecular complexity index is 988. The Morgan fingerprint density at radius 3 is 2.47 bits per heavy atom. The molecule has 5 nitrogen and oxygen atoms in total.